The number of amides is 2. The summed E-state index contributed by atoms with van der Waals surface area (Å²) < 4.78 is 15.2. The van der Waals surface area contributed by atoms with Gasteiger partial charge >= 0.3 is 11.7 Å². The Labute approximate surface area is 177 Å². The van der Waals surface area contributed by atoms with Gasteiger partial charge in [0.2, 0.25) is 5.69 Å². The quantitative estimate of drug-likeness (QED) is 0.500. The van der Waals surface area contributed by atoms with Crippen molar-refractivity contribution in [1.29, 1.82) is 0 Å². The van der Waals surface area contributed by atoms with Crippen LogP contribution < -0.4 is 14.7 Å². The fraction of sp³-hybridized carbons (Fsp3) is 0.217. The smallest absolute Gasteiger partial charge is 0.332 e. The number of halogens is 1. The van der Waals surface area contributed by atoms with Gasteiger partial charge in [0, 0.05) is 35.6 Å². The molecule has 1 aromatic carbocycles. The number of imidazole rings is 1. The summed E-state index contributed by atoms with van der Waals surface area (Å²) >= 11 is 0. The molecule has 8 heteroatoms. The highest BCUT2D eigenvalue weighted by Gasteiger charge is 2.33. The van der Waals surface area contributed by atoms with Crippen LogP contribution in [-0.4, -0.2) is 41.0 Å². The number of aromatic amines is 2. The van der Waals surface area contributed by atoms with E-state index in [1.165, 1.54) is 0 Å². The fourth-order valence-electron chi connectivity index (χ4n) is 4.07. The molecular formula is C23H22FN5O2+2. The minimum Gasteiger partial charge on any atom is -0.332 e. The Bertz CT molecular complexity index is 1290. The topological polar surface area (TPSA) is 83.4 Å². The van der Waals surface area contributed by atoms with Gasteiger partial charge < -0.3 is 10.2 Å². The third-order valence-corrected chi connectivity index (χ3v) is 5.71. The summed E-state index contributed by atoms with van der Waals surface area (Å²) in [6.07, 6.45) is 5.21. The van der Waals surface area contributed by atoms with E-state index in [2.05, 4.69) is 15.3 Å². The lowest BCUT2D eigenvalue weighted by Crippen LogP contribution is -2.43. The van der Waals surface area contributed by atoms with Crippen molar-refractivity contribution in [3.8, 4) is 0 Å². The van der Waals surface area contributed by atoms with Crippen LogP contribution >= 0.6 is 0 Å². The summed E-state index contributed by atoms with van der Waals surface area (Å²) in [5.41, 5.74) is 1.57. The zero-order chi connectivity index (χ0) is 21.4. The van der Waals surface area contributed by atoms with Gasteiger partial charge in [-0.15, -0.1) is 0 Å². The van der Waals surface area contributed by atoms with Crippen LogP contribution in [0.4, 0.5) is 10.1 Å². The molecule has 0 saturated carbocycles. The Kier molecular flexibility index (Phi) is 4.82. The first kappa shape index (κ1) is 19.2. The highest BCUT2D eigenvalue weighted by atomic mass is 19.1. The standard InChI is InChI=1S/C23H20FN5O2/c24-16-8-12-28(13-9-16)23(31)21-27-20(19-6-1-2-11-29(19)21)22(30)26-18-5-3-4-15-14-25-10-7-17(15)18/h1-7,10-11,14,16H,8-9,12-13H2,(H,26,30)/p+2. The highest BCUT2D eigenvalue weighted by Crippen LogP contribution is 2.23. The number of benzene rings is 1. The molecule has 0 aliphatic carbocycles. The molecule has 1 aliphatic rings. The Morgan fingerprint density at radius 3 is 2.81 bits per heavy atom. The number of alkyl halides is 1. The second-order valence-electron chi connectivity index (χ2n) is 7.68. The molecule has 7 nitrogen and oxygen atoms in total. The third-order valence-electron chi connectivity index (χ3n) is 5.71. The lowest BCUT2D eigenvalue weighted by Gasteiger charge is -2.26. The van der Waals surface area contributed by atoms with Crippen molar-refractivity contribution in [2.75, 3.05) is 18.4 Å². The predicted octanol–water partition coefficient (Wildman–Crippen LogP) is 2.55. The van der Waals surface area contributed by atoms with Crippen LogP contribution in [0.2, 0.25) is 0 Å². The maximum Gasteiger partial charge on any atom is 0.351 e. The first-order valence-electron chi connectivity index (χ1n) is 10.3. The molecule has 5 rings (SSSR count). The molecule has 4 aromatic rings. The molecule has 0 bridgehead atoms. The van der Waals surface area contributed by atoms with Crippen molar-refractivity contribution < 1.29 is 23.4 Å². The van der Waals surface area contributed by atoms with E-state index in [4.69, 9.17) is 0 Å². The summed E-state index contributed by atoms with van der Waals surface area (Å²) in [4.78, 5) is 34.0. The second-order valence-corrected chi connectivity index (χ2v) is 7.68. The zero-order valence-electron chi connectivity index (χ0n) is 16.8. The normalized spacial score (nSPS) is 14.8. The van der Waals surface area contributed by atoms with Crippen LogP contribution in [-0.2, 0) is 0 Å². The van der Waals surface area contributed by atoms with Crippen LogP contribution in [0.1, 0.15) is 33.9 Å². The zero-order valence-corrected chi connectivity index (χ0v) is 16.8. The van der Waals surface area contributed by atoms with Gasteiger partial charge in [0.25, 0.3) is 5.91 Å². The molecule has 1 aliphatic heterocycles. The van der Waals surface area contributed by atoms with Gasteiger partial charge in [0.1, 0.15) is 6.17 Å². The molecule has 0 atom stereocenters. The summed E-state index contributed by atoms with van der Waals surface area (Å²) in [5, 5.41) is 4.84. The van der Waals surface area contributed by atoms with Crippen LogP contribution in [0.25, 0.3) is 16.3 Å². The average Bonchev–Trinajstić information content (AvgIpc) is 3.19. The molecule has 2 amide bonds. The number of fused-ring (bicyclic) bond motifs is 2. The lowest BCUT2D eigenvalue weighted by atomic mass is 10.1. The average molecular weight is 419 g/mol. The molecule has 0 spiro atoms. The van der Waals surface area contributed by atoms with Gasteiger partial charge in [-0.1, -0.05) is 12.1 Å². The van der Waals surface area contributed by atoms with Crippen molar-refractivity contribution >= 4 is 33.8 Å². The molecule has 0 unspecified atom stereocenters. The highest BCUT2D eigenvalue weighted by molar-refractivity contribution is 6.11. The number of aromatic nitrogens is 3. The number of piperidine rings is 1. The number of carbonyl (C=O) groups is 2. The van der Waals surface area contributed by atoms with E-state index >= 15 is 0 Å². The number of hydrogen-bond donors (Lipinski definition) is 2. The molecule has 3 N–H and O–H groups in total. The minimum atomic E-state index is -0.864. The van der Waals surface area contributed by atoms with E-state index in [0.717, 1.165) is 10.8 Å². The van der Waals surface area contributed by atoms with E-state index < -0.39 is 6.17 Å². The summed E-state index contributed by atoms with van der Waals surface area (Å²) in [6.45, 7) is 0.727. The van der Waals surface area contributed by atoms with Gasteiger partial charge in [-0.25, -0.2) is 14.4 Å². The fourth-order valence-corrected chi connectivity index (χ4v) is 4.07. The SMILES string of the molecule is O=C(Nc1cccc2c[nH+]ccc12)c1[nH]c(C(=O)N2CCC(F)CC2)[n+]2ccccc12. The maximum atomic E-state index is 13.5. The molecule has 3 aromatic heterocycles. The van der Waals surface area contributed by atoms with Gasteiger partial charge in [0.15, 0.2) is 17.9 Å². The Balaban J connectivity index is 1.50. The number of hydrogen-bond acceptors (Lipinski definition) is 2. The molecule has 4 heterocycles. The first-order valence-corrected chi connectivity index (χ1v) is 10.3. The number of nitrogens with one attached hydrogen (secondary N) is 3. The van der Waals surface area contributed by atoms with E-state index in [0.29, 0.717) is 42.8 Å². The molecule has 0 radical (unpaired) electrons. The van der Waals surface area contributed by atoms with Crippen molar-refractivity contribution in [3.63, 3.8) is 0 Å². The number of carbonyl (C=O) groups excluding carboxylic acids is 2. The van der Waals surface area contributed by atoms with Crippen LogP contribution in [0.5, 0.6) is 0 Å². The van der Waals surface area contributed by atoms with E-state index in [9.17, 15) is 14.0 Å². The molecule has 156 valence electrons. The predicted molar refractivity (Wildman–Crippen MR) is 112 cm³/mol. The van der Waals surface area contributed by atoms with Crippen molar-refractivity contribution in [3.05, 3.63) is 72.6 Å². The van der Waals surface area contributed by atoms with Gasteiger partial charge in [-0.3, -0.25) is 9.59 Å². The van der Waals surface area contributed by atoms with Crippen molar-refractivity contribution in [1.82, 2.24) is 9.88 Å². The van der Waals surface area contributed by atoms with Gasteiger partial charge in [-0.05, 0) is 37.1 Å². The first-order chi connectivity index (χ1) is 15.1. The van der Waals surface area contributed by atoms with Gasteiger partial charge in [-0.2, -0.15) is 4.40 Å². The molecule has 31 heavy (non-hydrogen) atoms. The minimum absolute atomic E-state index is 0.243. The van der Waals surface area contributed by atoms with E-state index in [-0.39, 0.29) is 17.6 Å². The number of anilines is 1. The lowest BCUT2D eigenvalue weighted by molar-refractivity contribution is -0.514. The number of nitrogens with zero attached hydrogens (tertiary/aromatic N) is 2. The maximum absolute atomic E-state index is 13.5. The summed E-state index contributed by atoms with van der Waals surface area (Å²) in [5.74, 6) is -0.302. The van der Waals surface area contributed by atoms with Crippen LogP contribution in [0.15, 0.2) is 61.1 Å². The molecule has 1 fully saturated rings. The number of rotatable bonds is 3. The largest absolute Gasteiger partial charge is 0.351 e. The van der Waals surface area contributed by atoms with Gasteiger partial charge in [0.05, 0.1) is 6.20 Å². The number of likely N-dealkylation sites (tertiary alicyclic amines) is 1. The van der Waals surface area contributed by atoms with Crippen LogP contribution in [0, 0.1) is 0 Å². The number of pyridine rings is 2. The second kappa shape index (κ2) is 7.79. The number of H-pyrrole nitrogens is 2. The molecule has 1 saturated heterocycles. The van der Waals surface area contributed by atoms with Crippen molar-refractivity contribution in [2.24, 2.45) is 0 Å². The monoisotopic (exact) mass is 419 g/mol. The Morgan fingerprint density at radius 1 is 1.13 bits per heavy atom. The van der Waals surface area contributed by atoms with E-state index in [1.54, 1.807) is 33.8 Å². The van der Waals surface area contributed by atoms with E-state index in [1.807, 2.05) is 36.5 Å². The van der Waals surface area contributed by atoms with Crippen molar-refractivity contribution in [2.45, 2.75) is 19.0 Å². The summed E-state index contributed by atoms with van der Waals surface area (Å²) in [6, 6.07) is 13.0. The molecular weight excluding hydrogens is 397 g/mol. The summed E-state index contributed by atoms with van der Waals surface area (Å²) in [7, 11) is 0. The Hall–Kier alpha value is -3.81. The Morgan fingerprint density at radius 2 is 1.97 bits per heavy atom. The van der Waals surface area contributed by atoms with Crippen LogP contribution in [0.3, 0.4) is 0 Å². The third kappa shape index (κ3) is 3.50.